The molecule has 1 unspecified atom stereocenters. The van der Waals surface area contributed by atoms with Crippen molar-refractivity contribution in [3.63, 3.8) is 0 Å². The zero-order chi connectivity index (χ0) is 31.2. The Morgan fingerprint density at radius 1 is 0.767 bits per heavy atom. The number of hydrogen-bond donors (Lipinski definition) is 0. The lowest BCUT2D eigenvalue weighted by Gasteiger charge is -2.31. The van der Waals surface area contributed by atoms with Crippen molar-refractivity contribution in [2.24, 2.45) is 0 Å². The van der Waals surface area contributed by atoms with Crippen molar-refractivity contribution in [2.45, 2.75) is 81.3 Å². The van der Waals surface area contributed by atoms with Gasteiger partial charge in [-0.15, -0.1) is 0 Å². The standard InChI is InChI=1S/C35H34Br2N2O4/c1-17-18(2)22(14-39)32-31(21(17)13-38)42-26-10-24-28(20(12-37)30(26)43-32)34(5,6)16-35(24)15-33(3,4)27-19(11-36)29(41-8)25(40-7)9-23(27)35/h9-10H,11-12,15-16H2,1-8H3. The fraction of sp³-hybridized carbons (Fsp3) is 0.429. The van der Waals surface area contributed by atoms with E-state index in [0.717, 1.165) is 46.6 Å². The Morgan fingerprint density at radius 2 is 1.28 bits per heavy atom. The normalized spacial score (nSPS) is 19.7. The predicted octanol–water partition coefficient (Wildman–Crippen LogP) is 9.40. The van der Waals surface area contributed by atoms with E-state index < -0.39 is 0 Å². The highest BCUT2D eigenvalue weighted by atomic mass is 79.9. The van der Waals surface area contributed by atoms with Crippen molar-refractivity contribution in [3.05, 3.63) is 67.8 Å². The Balaban J connectivity index is 1.68. The summed E-state index contributed by atoms with van der Waals surface area (Å²) in [4.78, 5) is 0. The highest BCUT2D eigenvalue weighted by Gasteiger charge is 2.58. The van der Waals surface area contributed by atoms with Crippen LogP contribution in [0.2, 0.25) is 0 Å². The number of nitriles is 2. The van der Waals surface area contributed by atoms with Crippen molar-refractivity contribution in [2.75, 3.05) is 14.2 Å². The topological polar surface area (TPSA) is 84.5 Å². The third-order valence-corrected chi connectivity index (χ3v) is 11.0. The van der Waals surface area contributed by atoms with Crippen molar-refractivity contribution in [1.82, 2.24) is 0 Å². The van der Waals surface area contributed by atoms with Crippen LogP contribution in [0.25, 0.3) is 0 Å². The van der Waals surface area contributed by atoms with Crippen molar-refractivity contribution < 1.29 is 18.9 Å². The van der Waals surface area contributed by atoms with E-state index in [9.17, 15) is 10.5 Å². The number of rotatable bonds is 4. The van der Waals surface area contributed by atoms with Gasteiger partial charge in [-0.2, -0.15) is 10.5 Å². The van der Waals surface area contributed by atoms with Gasteiger partial charge in [0.2, 0.25) is 0 Å². The molecule has 2 aliphatic carbocycles. The van der Waals surface area contributed by atoms with E-state index in [0.29, 0.717) is 44.8 Å². The highest BCUT2D eigenvalue weighted by molar-refractivity contribution is 9.08. The van der Waals surface area contributed by atoms with Gasteiger partial charge >= 0.3 is 0 Å². The molecule has 222 valence electrons. The molecule has 43 heavy (non-hydrogen) atoms. The molecule has 0 aromatic heterocycles. The fourth-order valence-electron chi connectivity index (χ4n) is 8.40. The lowest BCUT2D eigenvalue weighted by atomic mass is 9.72. The van der Waals surface area contributed by atoms with Gasteiger partial charge in [0.15, 0.2) is 34.5 Å². The number of halogens is 2. The number of ether oxygens (including phenoxy) is 4. The molecule has 1 heterocycles. The summed E-state index contributed by atoms with van der Waals surface area (Å²) in [5.74, 6) is 3.27. The van der Waals surface area contributed by atoms with E-state index in [2.05, 4.69) is 83.8 Å². The molecule has 0 saturated heterocycles. The minimum Gasteiger partial charge on any atom is -0.493 e. The van der Waals surface area contributed by atoms with Gasteiger partial charge in [-0.3, -0.25) is 0 Å². The maximum atomic E-state index is 10.1. The quantitative estimate of drug-likeness (QED) is 0.197. The lowest BCUT2D eigenvalue weighted by molar-refractivity contribution is 0.347. The number of nitrogens with zero attached hydrogens (tertiary/aromatic N) is 2. The maximum Gasteiger partial charge on any atom is 0.189 e. The van der Waals surface area contributed by atoms with Gasteiger partial charge in [-0.05, 0) is 83.0 Å². The molecule has 3 aliphatic rings. The maximum absolute atomic E-state index is 10.1. The van der Waals surface area contributed by atoms with Gasteiger partial charge < -0.3 is 18.9 Å². The van der Waals surface area contributed by atoms with Gasteiger partial charge in [-0.25, -0.2) is 0 Å². The van der Waals surface area contributed by atoms with E-state index >= 15 is 0 Å². The zero-order valence-corrected chi connectivity index (χ0v) is 28.9. The molecule has 1 aliphatic heterocycles. The average Bonchev–Trinajstić information content (AvgIpc) is 3.34. The smallest absolute Gasteiger partial charge is 0.189 e. The van der Waals surface area contributed by atoms with E-state index in [1.807, 2.05) is 13.8 Å². The largest absolute Gasteiger partial charge is 0.493 e. The molecule has 3 aromatic rings. The lowest BCUT2D eigenvalue weighted by Crippen LogP contribution is -2.27. The molecule has 0 fully saturated rings. The molecule has 0 N–H and O–H groups in total. The number of fused-ring (bicyclic) bond motifs is 6. The van der Waals surface area contributed by atoms with Gasteiger partial charge in [-0.1, -0.05) is 59.6 Å². The molecule has 6 nitrogen and oxygen atoms in total. The van der Waals surface area contributed by atoms with E-state index in [1.54, 1.807) is 14.2 Å². The second-order valence-electron chi connectivity index (χ2n) is 13.2. The second kappa shape index (κ2) is 9.91. The third kappa shape index (κ3) is 3.85. The molecule has 0 saturated carbocycles. The van der Waals surface area contributed by atoms with Crippen LogP contribution in [-0.4, -0.2) is 14.2 Å². The first-order valence-corrected chi connectivity index (χ1v) is 16.5. The third-order valence-electron chi connectivity index (χ3n) is 9.86. The van der Waals surface area contributed by atoms with Crippen LogP contribution in [0.15, 0.2) is 12.1 Å². The van der Waals surface area contributed by atoms with Crippen LogP contribution in [0, 0.1) is 36.5 Å². The average molecular weight is 706 g/mol. The number of alkyl halides is 2. The molecule has 1 atom stereocenters. The monoisotopic (exact) mass is 704 g/mol. The summed E-state index contributed by atoms with van der Waals surface area (Å²) in [6.07, 6.45) is 1.80. The number of methoxy groups -OCH3 is 2. The SMILES string of the molecule is COc1cc2c(c(CBr)c1OC)C(C)(C)CC21CC(C)(C)c2c1cc1c(c2CBr)Oc2c(C#N)c(C)c(C)c(C#N)c2O1. The van der Waals surface area contributed by atoms with Crippen LogP contribution >= 0.6 is 31.9 Å². The zero-order valence-electron chi connectivity index (χ0n) is 25.8. The van der Waals surface area contributed by atoms with Gasteiger partial charge in [0.1, 0.15) is 23.3 Å². The number of benzene rings is 3. The van der Waals surface area contributed by atoms with Crippen molar-refractivity contribution >= 4 is 31.9 Å². The van der Waals surface area contributed by atoms with Gasteiger partial charge in [0.25, 0.3) is 0 Å². The molecule has 0 radical (unpaired) electrons. The molecule has 0 bridgehead atoms. The van der Waals surface area contributed by atoms with Crippen molar-refractivity contribution in [3.8, 4) is 46.6 Å². The van der Waals surface area contributed by atoms with Crippen LogP contribution in [0.1, 0.15) is 96.2 Å². The van der Waals surface area contributed by atoms with Crippen LogP contribution < -0.4 is 18.9 Å². The second-order valence-corrected chi connectivity index (χ2v) is 14.3. The van der Waals surface area contributed by atoms with Crippen LogP contribution in [-0.2, 0) is 26.9 Å². The Bertz CT molecular complexity index is 1830. The summed E-state index contributed by atoms with van der Waals surface area (Å²) < 4.78 is 25.0. The molecule has 0 amide bonds. The molecular formula is C35H34Br2N2O4. The minimum atomic E-state index is -0.317. The van der Waals surface area contributed by atoms with Crippen LogP contribution in [0.3, 0.4) is 0 Å². The molecule has 1 spiro atoms. The highest BCUT2D eigenvalue weighted by Crippen LogP contribution is 2.67. The Labute approximate surface area is 270 Å². The summed E-state index contributed by atoms with van der Waals surface area (Å²) in [6.45, 7) is 12.9. The first-order valence-electron chi connectivity index (χ1n) is 14.3. The molecule has 6 rings (SSSR count). The Hall–Kier alpha value is -3.20. The van der Waals surface area contributed by atoms with Crippen LogP contribution in [0.5, 0.6) is 34.5 Å². The molecular weight excluding hydrogens is 672 g/mol. The molecule has 8 heteroatoms. The summed E-state index contributed by atoms with van der Waals surface area (Å²) in [7, 11) is 3.39. The number of hydrogen-bond acceptors (Lipinski definition) is 6. The van der Waals surface area contributed by atoms with Crippen molar-refractivity contribution in [1.29, 1.82) is 10.5 Å². The van der Waals surface area contributed by atoms with E-state index in [1.165, 1.54) is 22.3 Å². The fourth-order valence-corrected chi connectivity index (χ4v) is 9.47. The first kappa shape index (κ1) is 29.9. The summed E-state index contributed by atoms with van der Waals surface area (Å²) in [5.41, 5.74) is 8.68. The Kier molecular flexibility index (Phi) is 6.88. The van der Waals surface area contributed by atoms with E-state index in [-0.39, 0.29) is 16.2 Å². The van der Waals surface area contributed by atoms with E-state index in [4.69, 9.17) is 18.9 Å². The molecule has 3 aromatic carbocycles. The summed E-state index contributed by atoms with van der Waals surface area (Å²) >= 11 is 7.56. The summed E-state index contributed by atoms with van der Waals surface area (Å²) in [5, 5.41) is 21.4. The van der Waals surface area contributed by atoms with Gasteiger partial charge in [0, 0.05) is 27.2 Å². The van der Waals surface area contributed by atoms with Gasteiger partial charge in [0.05, 0.1) is 14.2 Å². The predicted molar refractivity (Wildman–Crippen MR) is 173 cm³/mol. The summed E-state index contributed by atoms with van der Waals surface area (Å²) in [6, 6.07) is 8.90. The minimum absolute atomic E-state index is 0.144. The Morgan fingerprint density at radius 3 is 1.77 bits per heavy atom. The first-order chi connectivity index (χ1) is 20.3. The van der Waals surface area contributed by atoms with Crippen LogP contribution in [0.4, 0.5) is 0 Å².